The number of hydrogen-bond donors (Lipinski definition) is 2. The van der Waals surface area contributed by atoms with Gasteiger partial charge < -0.3 is 10.1 Å². The molecule has 1 atom stereocenters. The summed E-state index contributed by atoms with van der Waals surface area (Å²) in [6.45, 7) is 5.52. The zero-order valence-electron chi connectivity index (χ0n) is 14.7. The van der Waals surface area contributed by atoms with Gasteiger partial charge >= 0.3 is 0 Å². The highest BCUT2D eigenvalue weighted by Crippen LogP contribution is 2.24. The van der Waals surface area contributed by atoms with Gasteiger partial charge in [0, 0.05) is 23.0 Å². The summed E-state index contributed by atoms with van der Waals surface area (Å²) in [5, 5.41) is 3.18. The molecule has 0 aliphatic heterocycles. The van der Waals surface area contributed by atoms with Gasteiger partial charge in [0.2, 0.25) is 0 Å². The molecule has 2 rings (SSSR count). The van der Waals surface area contributed by atoms with Gasteiger partial charge in [0.1, 0.15) is 6.10 Å². The Hall–Kier alpha value is -2.09. The summed E-state index contributed by atoms with van der Waals surface area (Å²) in [5.74, 6) is -0.343. The van der Waals surface area contributed by atoms with Gasteiger partial charge in [-0.1, -0.05) is 17.7 Å². The molecular weight excluding hydrogens is 376 g/mol. The summed E-state index contributed by atoms with van der Waals surface area (Å²) < 4.78 is 33.1. The van der Waals surface area contributed by atoms with Crippen molar-refractivity contribution in [2.75, 3.05) is 16.6 Å². The molecule has 1 amide bonds. The smallest absolute Gasteiger partial charge is 0.262 e. The molecule has 0 fully saturated rings. The van der Waals surface area contributed by atoms with Crippen molar-refractivity contribution in [2.24, 2.45) is 0 Å². The highest BCUT2D eigenvalue weighted by molar-refractivity contribution is 7.92. The van der Waals surface area contributed by atoms with Crippen molar-refractivity contribution >= 4 is 38.9 Å². The van der Waals surface area contributed by atoms with Crippen molar-refractivity contribution in [2.45, 2.75) is 31.8 Å². The fourth-order valence-corrected chi connectivity index (χ4v) is 3.72. The van der Waals surface area contributed by atoms with Gasteiger partial charge in [0.25, 0.3) is 15.9 Å². The summed E-state index contributed by atoms with van der Waals surface area (Å²) in [7, 11) is -3.82. The summed E-state index contributed by atoms with van der Waals surface area (Å²) in [6.07, 6.45) is -0.631. The summed E-state index contributed by atoms with van der Waals surface area (Å²) in [6, 6.07) is 11.0. The van der Waals surface area contributed by atoms with Crippen molar-refractivity contribution in [3.63, 3.8) is 0 Å². The molecule has 0 saturated heterocycles. The predicted molar refractivity (Wildman–Crippen MR) is 103 cm³/mol. The largest absolute Gasteiger partial charge is 0.369 e. The summed E-state index contributed by atoms with van der Waals surface area (Å²) >= 11 is 5.81. The third kappa shape index (κ3) is 5.20. The van der Waals surface area contributed by atoms with E-state index < -0.39 is 16.1 Å². The standard InChI is InChI=1S/C18H21ClN2O4S/c1-4-25-13(3)18(22)20-16-8-5-12(2)17(11-16)26(23,24)21-15-9-6-14(19)7-10-15/h5-11,13,21H,4H2,1-3H3,(H,20,22). The lowest BCUT2D eigenvalue weighted by Crippen LogP contribution is -2.27. The number of sulfonamides is 1. The van der Waals surface area contributed by atoms with Gasteiger partial charge in [0.15, 0.2) is 0 Å². The minimum absolute atomic E-state index is 0.0781. The van der Waals surface area contributed by atoms with Crippen molar-refractivity contribution in [3.05, 3.63) is 53.1 Å². The van der Waals surface area contributed by atoms with Crippen molar-refractivity contribution in [1.82, 2.24) is 0 Å². The second-order valence-electron chi connectivity index (χ2n) is 5.68. The number of nitrogens with one attached hydrogen (secondary N) is 2. The molecule has 0 spiro atoms. The third-order valence-corrected chi connectivity index (χ3v) is 5.40. The quantitative estimate of drug-likeness (QED) is 0.745. The molecule has 8 heteroatoms. The predicted octanol–water partition coefficient (Wildman–Crippen LogP) is 3.81. The second-order valence-corrected chi connectivity index (χ2v) is 7.77. The molecule has 0 aliphatic carbocycles. The topological polar surface area (TPSA) is 84.5 Å². The summed E-state index contributed by atoms with van der Waals surface area (Å²) in [5.41, 5.74) is 1.33. The van der Waals surface area contributed by atoms with Crippen LogP contribution in [-0.4, -0.2) is 27.0 Å². The first-order valence-corrected chi connectivity index (χ1v) is 9.90. The third-order valence-electron chi connectivity index (χ3n) is 3.63. The van der Waals surface area contributed by atoms with Crippen LogP contribution in [0.3, 0.4) is 0 Å². The maximum Gasteiger partial charge on any atom is 0.262 e. The van der Waals surface area contributed by atoms with Gasteiger partial charge in [0.05, 0.1) is 4.90 Å². The van der Waals surface area contributed by atoms with E-state index in [2.05, 4.69) is 10.0 Å². The maximum atomic E-state index is 12.7. The van der Waals surface area contributed by atoms with Gasteiger partial charge in [-0.2, -0.15) is 0 Å². The number of anilines is 2. The fourth-order valence-electron chi connectivity index (χ4n) is 2.26. The molecule has 1 unspecified atom stereocenters. The van der Waals surface area contributed by atoms with Crippen molar-refractivity contribution < 1.29 is 17.9 Å². The van der Waals surface area contributed by atoms with Crippen LogP contribution in [0.25, 0.3) is 0 Å². The molecule has 140 valence electrons. The maximum absolute atomic E-state index is 12.7. The molecular formula is C18H21ClN2O4S. The van der Waals surface area contributed by atoms with Crippen LogP contribution >= 0.6 is 11.6 Å². The van der Waals surface area contributed by atoms with Crippen LogP contribution in [0.4, 0.5) is 11.4 Å². The summed E-state index contributed by atoms with van der Waals surface area (Å²) in [4.78, 5) is 12.1. The molecule has 26 heavy (non-hydrogen) atoms. The Bertz CT molecular complexity index is 883. The molecule has 0 heterocycles. The van der Waals surface area contributed by atoms with Gasteiger partial charge in [-0.15, -0.1) is 0 Å². The van der Waals surface area contributed by atoms with E-state index in [0.717, 1.165) is 0 Å². The van der Waals surface area contributed by atoms with E-state index in [1.165, 1.54) is 6.07 Å². The van der Waals surface area contributed by atoms with Crippen LogP contribution in [0.15, 0.2) is 47.4 Å². The van der Waals surface area contributed by atoms with E-state index in [9.17, 15) is 13.2 Å². The number of carbonyl (C=O) groups is 1. The Balaban J connectivity index is 2.25. The van der Waals surface area contributed by atoms with E-state index >= 15 is 0 Å². The van der Waals surface area contributed by atoms with Gasteiger partial charge in [-0.05, 0) is 62.7 Å². The highest BCUT2D eigenvalue weighted by atomic mass is 35.5. The SMILES string of the molecule is CCOC(C)C(=O)Nc1ccc(C)c(S(=O)(=O)Nc2ccc(Cl)cc2)c1. The molecule has 0 bridgehead atoms. The van der Waals surface area contributed by atoms with E-state index in [0.29, 0.717) is 28.6 Å². The van der Waals surface area contributed by atoms with E-state index in [1.807, 2.05) is 0 Å². The number of halogens is 1. The normalized spacial score (nSPS) is 12.5. The minimum Gasteiger partial charge on any atom is -0.369 e. The average Bonchev–Trinajstić information content (AvgIpc) is 2.58. The molecule has 0 aliphatic rings. The Morgan fingerprint density at radius 2 is 1.77 bits per heavy atom. The first-order chi connectivity index (χ1) is 12.2. The van der Waals surface area contributed by atoms with Crippen LogP contribution in [-0.2, 0) is 19.6 Å². The number of ether oxygens (including phenoxy) is 1. The number of amides is 1. The number of carbonyl (C=O) groups excluding carboxylic acids is 1. The van der Waals surface area contributed by atoms with Crippen molar-refractivity contribution in [1.29, 1.82) is 0 Å². The van der Waals surface area contributed by atoms with Gasteiger partial charge in [-0.3, -0.25) is 9.52 Å². The number of aryl methyl sites for hydroxylation is 1. The Labute approximate surface area is 158 Å². The van der Waals surface area contributed by atoms with E-state index in [1.54, 1.807) is 57.2 Å². The van der Waals surface area contributed by atoms with E-state index in [4.69, 9.17) is 16.3 Å². The number of rotatable bonds is 7. The molecule has 2 aromatic rings. The van der Waals surface area contributed by atoms with Crippen LogP contribution in [0.2, 0.25) is 5.02 Å². The molecule has 2 N–H and O–H groups in total. The Morgan fingerprint density at radius 3 is 2.38 bits per heavy atom. The molecule has 0 saturated carbocycles. The fraction of sp³-hybridized carbons (Fsp3) is 0.278. The lowest BCUT2D eigenvalue weighted by molar-refractivity contribution is -0.126. The van der Waals surface area contributed by atoms with Gasteiger partial charge in [-0.25, -0.2) is 8.42 Å². The van der Waals surface area contributed by atoms with Crippen LogP contribution < -0.4 is 10.0 Å². The molecule has 0 radical (unpaired) electrons. The van der Waals surface area contributed by atoms with E-state index in [-0.39, 0.29) is 10.8 Å². The highest BCUT2D eigenvalue weighted by Gasteiger charge is 2.19. The molecule has 2 aromatic carbocycles. The number of hydrogen-bond acceptors (Lipinski definition) is 4. The van der Waals surface area contributed by atoms with Crippen LogP contribution in [0.5, 0.6) is 0 Å². The first kappa shape index (κ1) is 20.2. The lowest BCUT2D eigenvalue weighted by atomic mass is 10.2. The average molecular weight is 397 g/mol. The van der Waals surface area contributed by atoms with Crippen molar-refractivity contribution in [3.8, 4) is 0 Å². The molecule has 0 aromatic heterocycles. The Kier molecular flexibility index (Phi) is 6.63. The zero-order valence-corrected chi connectivity index (χ0v) is 16.3. The number of benzene rings is 2. The first-order valence-electron chi connectivity index (χ1n) is 8.04. The lowest BCUT2D eigenvalue weighted by Gasteiger charge is -2.15. The zero-order chi connectivity index (χ0) is 19.3. The van der Waals surface area contributed by atoms with Crippen LogP contribution in [0.1, 0.15) is 19.4 Å². The second kappa shape index (κ2) is 8.53. The minimum atomic E-state index is -3.82. The van der Waals surface area contributed by atoms with Crippen LogP contribution in [0, 0.1) is 6.92 Å². The monoisotopic (exact) mass is 396 g/mol. The molecule has 6 nitrogen and oxygen atoms in total. The Morgan fingerprint density at radius 1 is 1.15 bits per heavy atom.